The molecule has 0 amide bonds. The molecule has 6 heteroatoms. The maximum absolute atomic E-state index is 13.0. The monoisotopic (exact) mass is 338 g/mol. The zero-order valence-corrected chi connectivity index (χ0v) is 14.1. The van der Waals surface area contributed by atoms with Gasteiger partial charge in [-0.05, 0) is 25.5 Å². The number of carbonyl (C=O) groups excluding carboxylic acids is 1. The van der Waals surface area contributed by atoms with Gasteiger partial charge in [-0.2, -0.15) is 5.26 Å². The summed E-state index contributed by atoms with van der Waals surface area (Å²) in [7, 11) is 0. The zero-order valence-electron chi connectivity index (χ0n) is 13.3. The molecule has 3 unspecified atom stereocenters. The standard InChI is InChI=1S/C18H15ClN4O/c1-10-7-11(2)22-17(21-10)23-14-8-18(19,9-20)16(23)13-6-4-3-5-12(13)15(14)24/h3-7,14,16H,8H2,1-2H3. The number of hydrogen-bond acceptors (Lipinski definition) is 5. The van der Waals surface area contributed by atoms with Gasteiger partial charge in [0.25, 0.3) is 0 Å². The van der Waals surface area contributed by atoms with E-state index < -0.39 is 17.0 Å². The van der Waals surface area contributed by atoms with Gasteiger partial charge in [-0.25, -0.2) is 9.97 Å². The van der Waals surface area contributed by atoms with Crippen molar-refractivity contribution in [2.45, 2.75) is 37.2 Å². The average Bonchev–Trinajstić information content (AvgIpc) is 2.82. The van der Waals surface area contributed by atoms with E-state index in [0.717, 1.165) is 17.0 Å². The van der Waals surface area contributed by atoms with E-state index in [1.807, 2.05) is 43.0 Å². The van der Waals surface area contributed by atoms with Gasteiger partial charge in [-0.1, -0.05) is 35.9 Å². The van der Waals surface area contributed by atoms with Crippen molar-refractivity contribution in [3.8, 4) is 6.07 Å². The van der Waals surface area contributed by atoms with E-state index in [2.05, 4.69) is 16.0 Å². The number of benzene rings is 1. The van der Waals surface area contributed by atoms with E-state index in [9.17, 15) is 10.1 Å². The zero-order chi connectivity index (χ0) is 17.1. The topological polar surface area (TPSA) is 69.9 Å². The van der Waals surface area contributed by atoms with E-state index >= 15 is 0 Å². The number of carbonyl (C=O) groups is 1. The number of fused-ring (bicyclic) bond motifs is 4. The predicted molar refractivity (Wildman–Crippen MR) is 90.1 cm³/mol. The van der Waals surface area contributed by atoms with Crippen molar-refractivity contribution >= 4 is 23.3 Å². The minimum atomic E-state index is -1.17. The van der Waals surface area contributed by atoms with E-state index in [4.69, 9.17) is 11.6 Å². The van der Waals surface area contributed by atoms with Crippen LogP contribution in [0.1, 0.15) is 39.8 Å². The van der Waals surface area contributed by atoms with Crippen molar-refractivity contribution in [2.24, 2.45) is 0 Å². The molecule has 0 aliphatic carbocycles. The smallest absolute Gasteiger partial charge is 0.227 e. The van der Waals surface area contributed by atoms with Gasteiger partial charge in [-0.3, -0.25) is 4.79 Å². The second-order valence-corrected chi connectivity index (χ2v) is 7.08. The quantitative estimate of drug-likeness (QED) is 0.747. The maximum atomic E-state index is 13.0. The number of alkyl halides is 1. The van der Waals surface area contributed by atoms with Gasteiger partial charge in [0.2, 0.25) is 5.95 Å². The Morgan fingerprint density at radius 1 is 1.29 bits per heavy atom. The highest BCUT2D eigenvalue weighted by Gasteiger charge is 2.59. The third-order valence-electron chi connectivity index (χ3n) is 4.75. The molecule has 0 N–H and O–H groups in total. The molecule has 2 aromatic rings. The van der Waals surface area contributed by atoms with E-state index in [0.29, 0.717) is 11.5 Å². The molecule has 3 atom stereocenters. The first kappa shape index (κ1) is 15.1. The van der Waals surface area contributed by atoms with Gasteiger partial charge >= 0.3 is 0 Å². The van der Waals surface area contributed by atoms with E-state index in [-0.39, 0.29) is 12.2 Å². The fraction of sp³-hybridized carbons (Fsp3) is 0.333. The molecule has 4 rings (SSSR count). The summed E-state index contributed by atoms with van der Waals surface area (Å²) >= 11 is 6.66. The van der Waals surface area contributed by atoms with Gasteiger partial charge in [-0.15, -0.1) is 0 Å². The van der Waals surface area contributed by atoms with Gasteiger partial charge < -0.3 is 4.90 Å². The van der Waals surface area contributed by atoms with Crippen molar-refractivity contribution in [3.63, 3.8) is 0 Å². The number of nitriles is 1. The first-order valence-corrected chi connectivity index (χ1v) is 8.16. The first-order chi connectivity index (χ1) is 11.4. The van der Waals surface area contributed by atoms with Gasteiger partial charge in [0.05, 0.1) is 18.2 Å². The maximum Gasteiger partial charge on any atom is 0.227 e. The minimum absolute atomic E-state index is 0.0256. The summed E-state index contributed by atoms with van der Waals surface area (Å²) in [4.78, 5) is 22.6. The summed E-state index contributed by atoms with van der Waals surface area (Å²) in [6, 6.07) is 10.5. The van der Waals surface area contributed by atoms with Crippen molar-refractivity contribution < 1.29 is 4.79 Å². The van der Waals surface area contributed by atoms with Crippen molar-refractivity contribution in [2.75, 3.05) is 4.90 Å². The Kier molecular flexibility index (Phi) is 3.16. The van der Waals surface area contributed by atoms with Crippen LogP contribution in [0, 0.1) is 25.2 Å². The Morgan fingerprint density at radius 2 is 1.96 bits per heavy atom. The highest BCUT2D eigenvalue weighted by Crippen LogP contribution is 2.53. The Labute approximate surface area is 144 Å². The molecule has 2 aliphatic rings. The van der Waals surface area contributed by atoms with Crippen LogP contribution in [-0.4, -0.2) is 26.7 Å². The molecule has 120 valence electrons. The second kappa shape index (κ2) is 5.02. The number of anilines is 1. The third kappa shape index (κ3) is 1.96. The van der Waals surface area contributed by atoms with Crippen LogP contribution in [-0.2, 0) is 0 Å². The number of Topliss-reactive ketones (excluding diaryl/α,β-unsaturated/α-hetero) is 1. The molecule has 2 aliphatic heterocycles. The number of hydrogen-bond donors (Lipinski definition) is 0. The molecule has 5 nitrogen and oxygen atoms in total. The molecule has 1 aromatic carbocycles. The summed E-state index contributed by atoms with van der Waals surface area (Å²) in [5.74, 6) is 0.436. The summed E-state index contributed by atoms with van der Waals surface area (Å²) in [6.45, 7) is 3.77. The summed E-state index contributed by atoms with van der Waals surface area (Å²) in [5, 5.41) is 9.70. The van der Waals surface area contributed by atoms with Crippen molar-refractivity contribution in [1.29, 1.82) is 5.26 Å². The Bertz CT molecular complexity index is 886. The lowest BCUT2D eigenvalue weighted by Gasteiger charge is -2.36. The van der Waals surface area contributed by atoms with Gasteiger partial charge in [0, 0.05) is 23.4 Å². The van der Waals surface area contributed by atoms with Crippen molar-refractivity contribution in [1.82, 2.24) is 9.97 Å². The lowest BCUT2D eigenvalue weighted by molar-refractivity contribution is 0.0954. The van der Waals surface area contributed by atoms with Crippen LogP contribution in [0.3, 0.4) is 0 Å². The molecule has 0 radical (unpaired) electrons. The third-order valence-corrected chi connectivity index (χ3v) is 5.19. The Hall–Kier alpha value is -2.45. The van der Waals surface area contributed by atoms with Gasteiger partial charge in [0.1, 0.15) is 0 Å². The fourth-order valence-corrected chi connectivity index (χ4v) is 4.20. The number of nitrogens with zero attached hydrogens (tertiary/aromatic N) is 4. The highest BCUT2D eigenvalue weighted by atomic mass is 35.5. The molecule has 1 saturated heterocycles. The van der Waals surface area contributed by atoms with Crippen LogP contribution < -0.4 is 4.90 Å². The number of aromatic nitrogens is 2. The summed E-state index contributed by atoms with van der Waals surface area (Å²) in [6.07, 6.45) is 0.263. The van der Waals surface area contributed by atoms with Crippen LogP contribution in [0.5, 0.6) is 0 Å². The number of ketones is 1. The van der Waals surface area contributed by atoms with Crippen molar-refractivity contribution in [3.05, 3.63) is 52.8 Å². The minimum Gasteiger partial charge on any atom is -0.320 e. The SMILES string of the molecule is Cc1cc(C)nc(N2C3CC(Cl)(C#N)C2c2ccccc2C3=O)n1. The fourth-order valence-electron chi connectivity index (χ4n) is 3.83. The molecule has 24 heavy (non-hydrogen) atoms. The molecule has 1 aromatic heterocycles. The molecular formula is C18H15ClN4O. The van der Waals surface area contributed by atoms with E-state index in [1.54, 1.807) is 6.07 Å². The average molecular weight is 339 g/mol. The summed E-state index contributed by atoms with van der Waals surface area (Å²) < 4.78 is 0. The van der Waals surface area contributed by atoms with Crippen LogP contribution in [0.15, 0.2) is 30.3 Å². The molecule has 1 fully saturated rings. The van der Waals surface area contributed by atoms with Gasteiger partial charge in [0.15, 0.2) is 10.7 Å². The highest BCUT2D eigenvalue weighted by molar-refractivity contribution is 6.28. The lowest BCUT2D eigenvalue weighted by atomic mass is 9.90. The number of rotatable bonds is 1. The molecular weight excluding hydrogens is 324 g/mol. The molecule has 0 saturated carbocycles. The van der Waals surface area contributed by atoms with Crippen LogP contribution in [0.4, 0.5) is 5.95 Å². The predicted octanol–water partition coefficient (Wildman–Crippen LogP) is 3.11. The Morgan fingerprint density at radius 3 is 2.62 bits per heavy atom. The second-order valence-electron chi connectivity index (χ2n) is 6.41. The Balaban J connectivity index is 1.97. The molecule has 2 bridgehead atoms. The molecule has 0 spiro atoms. The van der Waals surface area contributed by atoms with Crippen LogP contribution in [0.25, 0.3) is 0 Å². The number of halogens is 1. The van der Waals surface area contributed by atoms with E-state index in [1.165, 1.54) is 0 Å². The molecule has 3 heterocycles. The number of aryl methyl sites for hydroxylation is 2. The lowest BCUT2D eigenvalue weighted by Crippen LogP contribution is -2.44. The summed E-state index contributed by atoms with van der Waals surface area (Å²) in [5.41, 5.74) is 3.06. The van der Waals surface area contributed by atoms with Crippen LogP contribution >= 0.6 is 11.6 Å². The largest absolute Gasteiger partial charge is 0.320 e. The van der Waals surface area contributed by atoms with Crippen LogP contribution in [0.2, 0.25) is 0 Å². The normalized spacial score (nSPS) is 27.8. The first-order valence-electron chi connectivity index (χ1n) is 7.78.